The largest absolute Gasteiger partial charge is 0.490 e. The number of hydrogen-bond donors (Lipinski definition) is 1. The predicted octanol–water partition coefficient (Wildman–Crippen LogP) is 3.11. The van der Waals surface area contributed by atoms with Crippen LogP contribution in [0.5, 0.6) is 11.5 Å². The van der Waals surface area contributed by atoms with Crippen LogP contribution in [0.1, 0.15) is 25.3 Å². The first kappa shape index (κ1) is 21.5. The Kier molecular flexibility index (Phi) is 7.30. The van der Waals surface area contributed by atoms with Gasteiger partial charge in [0.05, 0.1) is 13.2 Å². The lowest BCUT2D eigenvalue weighted by atomic mass is 10.1. The molecule has 1 fully saturated rings. The van der Waals surface area contributed by atoms with Gasteiger partial charge in [-0.25, -0.2) is 0 Å². The smallest absolute Gasteiger partial charge is 0.220 e. The van der Waals surface area contributed by atoms with Gasteiger partial charge >= 0.3 is 0 Å². The number of rotatable bonds is 7. The Morgan fingerprint density at radius 1 is 1.00 bits per heavy atom. The molecular formula is C25H33N3O3. The number of ether oxygens (including phenoxy) is 2. The molecule has 6 nitrogen and oxygen atoms in total. The Morgan fingerprint density at radius 3 is 2.52 bits per heavy atom. The third-order valence-electron chi connectivity index (χ3n) is 6.11. The molecule has 1 unspecified atom stereocenters. The molecule has 1 atom stereocenters. The fraction of sp³-hybridized carbons (Fsp3) is 0.480. The molecule has 166 valence electrons. The second-order valence-corrected chi connectivity index (χ2v) is 8.34. The minimum Gasteiger partial charge on any atom is -0.490 e. The van der Waals surface area contributed by atoms with E-state index in [1.165, 1.54) is 5.69 Å². The fourth-order valence-electron chi connectivity index (χ4n) is 4.16. The molecule has 4 rings (SSSR count). The Labute approximate surface area is 185 Å². The van der Waals surface area contributed by atoms with Crippen LogP contribution < -0.4 is 19.7 Å². The minimum atomic E-state index is 0.0990. The number of benzene rings is 2. The molecule has 1 N–H and O–H groups in total. The zero-order valence-electron chi connectivity index (χ0n) is 18.4. The van der Waals surface area contributed by atoms with Gasteiger partial charge in [0.2, 0.25) is 5.91 Å². The topological polar surface area (TPSA) is 54.0 Å². The number of fused-ring (bicyclic) bond motifs is 1. The summed E-state index contributed by atoms with van der Waals surface area (Å²) in [5.74, 6) is 1.69. The first-order valence-corrected chi connectivity index (χ1v) is 11.4. The van der Waals surface area contributed by atoms with E-state index in [4.69, 9.17) is 9.47 Å². The highest BCUT2D eigenvalue weighted by Gasteiger charge is 2.21. The number of para-hydroxylation sites is 1. The van der Waals surface area contributed by atoms with Crippen molar-refractivity contribution in [2.24, 2.45) is 0 Å². The zero-order valence-corrected chi connectivity index (χ0v) is 18.4. The van der Waals surface area contributed by atoms with Gasteiger partial charge in [-0.2, -0.15) is 0 Å². The highest BCUT2D eigenvalue weighted by Crippen LogP contribution is 2.30. The molecule has 2 aromatic rings. The highest BCUT2D eigenvalue weighted by molar-refractivity contribution is 5.76. The van der Waals surface area contributed by atoms with Gasteiger partial charge in [-0.1, -0.05) is 24.3 Å². The van der Waals surface area contributed by atoms with Gasteiger partial charge in [-0.3, -0.25) is 9.69 Å². The van der Waals surface area contributed by atoms with E-state index in [0.717, 1.165) is 49.7 Å². The van der Waals surface area contributed by atoms with Gasteiger partial charge in [-0.05, 0) is 43.2 Å². The maximum Gasteiger partial charge on any atom is 0.220 e. The van der Waals surface area contributed by atoms with Gasteiger partial charge in [0.25, 0.3) is 0 Å². The minimum absolute atomic E-state index is 0.0990. The summed E-state index contributed by atoms with van der Waals surface area (Å²) in [5, 5.41) is 3.12. The van der Waals surface area contributed by atoms with Crippen molar-refractivity contribution in [1.29, 1.82) is 0 Å². The van der Waals surface area contributed by atoms with Crippen LogP contribution in [0, 0.1) is 0 Å². The molecule has 2 aromatic carbocycles. The number of nitrogens with zero attached hydrogens (tertiary/aromatic N) is 2. The molecule has 31 heavy (non-hydrogen) atoms. The summed E-state index contributed by atoms with van der Waals surface area (Å²) < 4.78 is 11.4. The van der Waals surface area contributed by atoms with E-state index in [9.17, 15) is 4.79 Å². The Balaban J connectivity index is 1.17. The number of carbonyl (C=O) groups excluding carboxylic acids is 1. The summed E-state index contributed by atoms with van der Waals surface area (Å²) >= 11 is 0. The van der Waals surface area contributed by atoms with Crippen molar-refractivity contribution in [2.45, 2.75) is 32.2 Å². The lowest BCUT2D eigenvalue weighted by molar-refractivity contribution is -0.121. The maximum atomic E-state index is 12.4. The summed E-state index contributed by atoms with van der Waals surface area (Å²) in [5.41, 5.74) is 2.39. The van der Waals surface area contributed by atoms with Crippen LogP contribution in [0.25, 0.3) is 0 Å². The van der Waals surface area contributed by atoms with Crippen LogP contribution in [0.4, 0.5) is 5.69 Å². The second kappa shape index (κ2) is 10.5. The quantitative estimate of drug-likeness (QED) is 0.742. The number of anilines is 1. The first-order chi connectivity index (χ1) is 15.2. The predicted molar refractivity (Wildman–Crippen MR) is 123 cm³/mol. The normalized spacial score (nSPS) is 17.6. The van der Waals surface area contributed by atoms with E-state index in [2.05, 4.69) is 52.4 Å². The molecule has 0 saturated carbocycles. The van der Waals surface area contributed by atoms with Crippen molar-refractivity contribution in [2.75, 3.05) is 50.8 Å². The number of aryl methyl sites for hydroxylation is 1. The molecule has 0 radical (unpaired) electrons. The number of hydrogen-bond acceptors (Lipinski definition) is 5. The van der Waals surface area contributed by atoms with Gasteiger partial charge in [0.15, 0.2) is 11.5 Å². The summed E-state index contributed by atoms with van der Waals surface area (Å²) in [4.78, 5) is 17.3. The van der Waals surface area contributed by atoms with E-state index in [1.54, 1.807) is 0 Å². The molecule has 2 aliphatic heterocycles. The monoisotopic (exact) mass is 423 g/mol. The van der Waals surface area contributed by atoms with E-state index in [0.29, 0.717) is 38.6 Å². The highest BCUT2D eigenvalue weighted by atomic mass is 16.5. The van der Waals surface area contributed by atoms with E-state index in [1.807, 2.05) is 18.2 Å². The summed E-state index contributed by atoms with van der Waals surface area (Å²) in [6.45, 7) is 8.32. The molecule has 0 aromatic heterocycles. The Hall–Kier alpha value is -2.73. The Bertz CT molecular complexity index is 850. The standard InChI is InChI=1S/C25H33N3O3/c1-20(27-12-14-28(15-13-27)22-6-3-2-4-7-22)19-26-25(29)11-9-21-8-10-23-24(18-21)31-17-5-16-30-23/h2-4,6-8,10,18,20H,5,9,11-17,19H2,1H3,(H,26,29). The summed E-state index contributed by atoms with van der Waals surface area (Å²) in [6.07, 6.45) is 2.08. The summed E-state index contributed by atoms with van der Waals surface area (Å²) in [7, 11) is 0. The lowest BCUT2D eigenvalue weighted by Crippen LogP contribution is -2.52. The maximum absolute atomic E-state index is 12.4. The van der Waals surface area contributed by atoms with E-state index < -0.39 is 0 Å². The van der Waals surface area contributed by atoms with Gasteiger partial charge in [0, 0.05) is 57.3 Å². The molecule has 0 spiro atoms. The van der Waals surface area contributed by atoms with Crippen molar-refractivity contribution in [3.05, 3.63) is 54.1 Å². The zero-order chi connectivity index (χ0) is 21.5. The van der Waals surface area contributed by atoms with Crippen molar-refractivity contribution in [3.8, 4) is 11.5 Å². The fourth-order valence-corrected chi connectivity index (χ4v) is 4.16. The van der Waals surface area contributed by atoms with Crippen LogP contribution in [-0.4, -0.2) is 62.8 Å². The van der Waals surface area contributed by atoms with Crippen LogP contribution in [0.15, 0.2) is 48.5 Å². The molecular weight excluding hydrogens is 390 g/mol. The van der Waals surface area contributed by atoms with Crippen molar-refractivity contribution in [1.82, 2.24) is 10.2 Å². The van der Waals surface area contributed by atoms with Gasteiger partial charge in [-0.15, -0.1) is 0 Å². The van der Waals surface area contributed by atoms with Crippen molar-refractivity contribution >= 4 is 11.6 Å². The van der Waals surface area contributed by atoms with Crippen LogP contribution in [0.2, 0.25) is 0 Å². The molecule has 2 aliphatic rings. The third-order valence-corrected chi connectivity index (χ3v) is 6.11. The SMILES string of the molecule is CC(CNC(=O)CCc1ccc2c(c1)OCCCO2)N1CCN(c2ccccc2)CC1. The van der Waals surface area contributed by atoms with Crippen LogP contribution >= 0.6 is 0 Å². The molecule has 2 heterocycles. The van der Waals surface area contributed by atoms with Crippen molar-refractivity contribution < 1.29 is 14.3 Å². The van der Waals surface area contributed by atoms with E-state index >= 15 is 0 Å². The van der Waals surface area contributed by atoms with E-state index in [-0.39, 0.29) is 5.91 Å². The third kappa shape index (κ3) is 5.91. The number of amides is 1. The average molecular weight is 424 g/mol. The average Bonchev–Trinajstić information content (AvgIpc) is 3.07. The Morgan fingerprint density at radius 2 is 1.74 bits per heavy atom. The molecule has 0 bridgehead atoms. The molecule has 6 heteroatoms. The molecule has 0 aliphatic carbocycles. The van der Waals surface area contributed by atoms with Gasteiger partial charge in [0.1, 0.15) is 0 Å². The van der Waals surface area contributed by atoms with Crippen LogP contribution in [0.3, 0.4) is 0 Å². The second-order valence-electron chi connectivity index (χ2n) is 8.34. The molecule has 1 amide bonds. The molecule has 1 saturated heterocycles. The lowest BCUT2D eigenvalue weighted by Gasteiger charge is -2.39. The van der Waals surface area contributed by atoms with Gasteiger partial charge < -0.3 is 19.7 Å². The first-order valence-electron chi connectivity index (χ1n) is 11.4. The van der Waals surface area contributed by atoms with Crippen molar-refractivity contribution in [3.63, 3.8) is 0 Å². The van der Waals surface area contributed by atoms with Crippen LogP contribution in [-0.2, 0) is 11.2 Å². The summed E-state index contributed by atoms with van der Waals surface area (Å²) in [6, 6.07) is 16.9. The number of nitrogens with one attached hydrogen (secondary N) is 1. The number of piperazine rings is 1. The number of carbonyl (C=O) groups is 1.